The molecule has 0 amide bonds. The quantitative estimate of drug-likeness (QED) is 0.758. The van der Waals surface area contributed by atoms with Gasteiger partial charge in [0.25, 0.3) is 0 Å². The molecule has 23 heavy (non-hydrogen) atoms. The minimum atomic E-state index is -0.852. The molecule has 0 saturated heterocycles. The first kappa shape index (κ1) is 18.4. The average Bonchev–Trinajstić information content (AvgIpc) is 2.73. The van der Waals surface area contributed by atoms with Gasteiger partial charge in [-0.1, -0.05) is 25.2 Å². The third-order valence-electron chi connectivity index (χ3n) is 5.97. The van der Waals surface area contributed by atoms with Gasteiger partial charge in [0.05, 0.1) is 11.2 Å². The molecule has 1 fully saturated rings. The predicted molar refractivity (Wildman–Crippen MR) is 93.0 cm³/mol. The highest BCUT2D eigenvalue weighted by atomic mass is 16.3. The van der Waals surface area contributed by atoms with Gasteiger partial charge in [-0.15, -0.1) is 0 Å². The van der Waals surface area contributed by atoms with Gasteiger partial charge in [0, 0.05) is 0 Å². The van der Waals surface area contributed by atoms with Crippen molar-refractivity contribution in [1.82, 2.24) is 0 Å². The van der Waals surface area contributed by atoms with E-state index in [9.17, 15) is 15.0 Å². The largest absolute Gasteiger partial charge is 0.390 e. The minimum absolute atomic E-state index is 0.166. The van der Waals surface area contributed by atoms with Gasteiger partial charge in [-0.2, -0.15) is 0 Å². The molecular weight excluding hydrogens is 288 g/mol. The first-order chi connectivity index (χ1) is 10.4. The normalized spacial score (nSPS) is 34.1. The van der Waals surface area contributed by atoms with Crippen LogP contribution in [-0.2, 0) is 4.79 Å². The van der Waals surface area contributed by atoms with E-state index in [0.29, 0.717) is 12.3 Å². The summed E-state index contributed by atoms with van der Waals surface area (Å²) in [7, 11) is 0. The van der Waals surface area contributed by atoms with Gasteiger partial charge in [0.1, 0.15) is 0 Å². The number of ketones is 1. The molecule has 0 aromatic heterocycles. The van der Waals surface area contributed by atoms with E-state index in [-0.39, 0.29) is 17.1 Å². The van der Waals surface area contributed by atoms with Gasteiger partial charge in [-0.25, -0.2) is 0 Å². The van der Waals surface area contributed by atoms with Crippen LogP contribution in [0.3, 0.4) is 0 Å². The molecule has 3 heteroatoms. The van der Waals surface area contributed by atoms with Crippen LogP contribution in [0.5, 0.6) is 0 Å². The molecule has 0 heterocycles. The molecular formula is C20H32O3. The summed E-state index contributed by atoms with van der Waals surface area (Å²) in [6, 6.07) is 0. The predicted octanol–water partition coefficient (Wildman–Crippen LogP) is 3.80. The van der Waals surface area contributed by atoms with E-state index in [4.69, 9.17) is 0 Å². The van der Waals surface area contributed by atoms with Crippen molar-refractivity contribution in [2.45, 2.75) is 77.9 Å². The Labute approximate surface area is 140 Å². The maximum absolute atomic E-state index is 11.8. The first-order valence-electron chi connectivity index (χ1n) is 8.77. The van der Waals surface area contributed by atoms with Crippen molar-refractivity contribution >= 4 is 5.78 Å². The lowest BCUT2D eigenvalue weighted by Crippen LogP contribution is -2.41. The molecule has 0 unspecified atom stereocenters. The fourth-order valence-electron chi connectivity index (χ4n) is 4.45. The van der Waals surface area contributed by atoms with Crippen LogP contribution in [0.2, 0.25) is 0 Å². The summed E-state index contributed by atoms with van der Waals surface area (Å²) in [6.07, 6.45) is 10.1. The fraction of sp³-hybridized carbons (Fsp3) is 0.750. The average molecular weight is 320 g/mol. The Hall–Kier alpha value is -0.930. The zero-order valence-corrected chi connectivity index (χ0v) is 15.2. The molecule has 130 valence electrons. The third-order valence-corrected chi connectivity index (χ3v) is 5.97. The molecule has 0 aliphatic heterocycles. The lowest BCUT2D eigenvalue weighted by atomic mass is 9.64. The lowest BCUT2D eigenvalue weighted by molar-refractivity contribution is -0.114. The molecule has 0 radical (unpaired) electrons. The van der Waals surface area contributed by atoms with Gasteiger partial charge in [-0.3, -0.25) is 4.79 Å². The van der Waals surface area contributed by atoms with Gasteiger partial charge < -0.3 is 10.2 Å². The second-order valence-electron chi connectivity index (χ2n) is 8.72. The highest BCUT2D eigenvalue weighted by Crippen LogP contribution is 2.57. The first-order valence-corrected chi connectivity index (χ1v) is 8.77. The van der Waals surface area contributed by atoms with E-state index in [1.54, 1.807) is 26.8 Å². The van der Waals surface area contributed by atoms with E-state index in [2.05, 4.69) is 13.0 Å². The van der Waals surface area contributed by atoms with Crippen LogP contribution in [-0.4, -0.2) is 27.2 Å². The van der Waals surface area contributed by atoms with Crippen molar-refractivity contribution in [3.05, 3.63) is 23.8 Å². The Kier molecular flexibility index (Phi) is 4.94. The number of rotatable bonds is 5. The molecule has 2 rings (SSSR count). The van der Waals surface area contributed by atoms with Gasteiger partial charge >= 0.3 is 0 Å². The molecule has 1 saturated carbocycles. The zero-order chi connectivity index (χ0) is 17.5. The molecule has 2 aliphatic carbocycles. The van der Waals surface area contributed by atoms with Crippen LogP contribution in [0, 0.1) is 17.3 Å². The highest BCUT2D eigenvalue weighted by Gasteiger charge is 2.51. The topological polar surface area (TPSA) is 57.5 Å². The van der Waals surface area contributed by atoms with Crippen molar-refractivity contribution in [1.29, 1.82) is 0 Å². The summed E-state index contributed by atoms with van der Waals surface area (Å²) in [5, 5.41) is 20.8. The van der Waals surface area contributed by atoms with Crippen molar-refractivity contribution in [3.8, 4) is 0 Å². The molecule has 2 aliphatic rings. The van der Waals surface area contributed by atoms with Gasteiger partial charge in [-0.05, 0) is 82.6 Å². The highest BCUT2D eigenvalue weighted by molar-refractivity contribution is 5.93. The summed E-state index contributed by atoms with van der Waals surface area (Å²) < 4.78 is 0. The van der Waals surface area contributed by atoms with Crippen LogP contribution < -0.4 is 0 Å². The lowest BCUT2D eigenvalue weighted by Gasteiger charge is -2.42. The number of allylic oxidation sites excluding steroid dienone is 2. The second-order valence-corrected chi connectivity index (χ2v) is 8.72. The Bertz CT molecular complexity index is 521. The van der Waals surface area contributed by atoms with Crippen molar-refractivity contribution < 1.29 is 15.0 Å². The number of hydrogen-bond donors (Lipinski definition) is 2. The van der Waals surface area contributed by atoms with E-state index in [1.807, 2.05) is 13.0 Å². The van der Waals surface area contributed by atoms with E-state index >= 15 is 0 Å². The van der Waals surface area contributed by atoms with Crippen LogP contribution in [0.4, 0.5) is 0 Å². The van der Waals surface area contributed by atoms with E-state index in [1.165, 1.54) is 0 Å². The summed E-state index contributed by atoms with van der Waals surface area (Å²) >= 11 is 0. The number of fused-ring (bicyclic) bond motifs is 1. The van der Waals surface area contributed by atoms with Gasteiger partial charge in [0.15, 0.2) is 5.78 Å². The Morgan fingerprint density at radius 2 is 2.04 bits per heavy atom. The molecule has 0 aromatic rings. The number of hydrogen-bond acceptors (Lipinski definition) is 3. The summed E-state index contributed by atoms with van der Waals surface area (Å²) in [5.41, 5.74) is -0.519. The van der Waals surface area contributed by atoms with Crippen molar-refractivity contribution in [3.63, 3.8) is 0 Å². The standard InChI is InChI=1S/C20H32O3/c1-14(21)15-7-11-19(4)12-8-16(17(19)13-15)20(5,23)10-6-9-18(2,3)22/h6-7,9,16-17,22-23H,8,10-13H2,1-5H3/b9-6+/t16-,17-,19-,20-/m0/s1. The Morgan fingerprint density at radius 3 is 2.61 bits per heavy atom. The van der Waals surface area contributed by atoms with Crippen LogP contribution in [0.1, 0.15) is 66.7 Å². The van der Waals surface area contributed by atoms with Crippen LogP contribution in [0.15, 0.2) is 23.8 Å². The Balaban J connectivity index is 2.15. The zero-order valence-electron chi connectivity index (χ0n) is 15.2. The summed E-state index contributed by atoms with van der Waals surface area (Å²) in [6.45, 7) is 9.31. The van der Waals surface area contributed by atoms with E-state index < -0.39 is 11.2 Å². The molecule has 0 aromatic carbocycles. The fourth-order valence-corrected chi connectivity index (χ4v) is 4.45. The number of aliphatic hydroxyl groups is 2. The van der Waals surface area contributed by atoms with Crippen LogP contribution in [0.25, 0.3) is 0 Å². The third kappa shape index (κ3) is 4.13. The van der Waals surface area contributed by atoms with Crippen molar-refractivity contribution in [2.75, 3.05) is 0 Å². The SMILES string of the molecule is CC(=O)C1=CC[C@@]2(C)CC[C@H]([C@@](C)(O)C/C=C/C(C)(C)O)[C@@H]2C1. The maximum atomic E-state index is 11.8. The molecule has 0 bridgehead atoms. The molecule has 4 atom stereocenters. The molecule has 3 nitrogen and oxygen atoms in total. The summed E-state index contributed by atoms with van der Waals surface area (Å²) in [5.74, 6) is 0.721. The monoisotopic (exact) mass is 320 g/mol. The number of Topliss-reactive ketones (excluding diaryl/α,β-unsaturated/α-hetero) is 1. The molecule has 2 N–H and O–H groups in total. The smallest absolute Gasteiger partial charge is 0.155 e. The molecule has 0 spiro atoms. The summed E-state index contributed by atoms with van der Waals surface area (Å²) in [4.78, 5) is 11.8. The number of carbonyl (C=O) groups excluding carboxylic acids is 1. The van der Waals surface area contributed by atoms with Crippen molar-refractivity contribution in [2.24, 2.45) is 17.3 Å². The maximum Gasteiger partial charge on any atom is 0.155 e. The second kappa shape index (κ2) is 6.18. The van der Waals surface area contributed by atoms with E-state index in [0.717, 1.165) is 31.3 Å². The van der Waals surface area contributed by atoms with Gasteiger partial charge in [0.2, 0.25) is 0 Å². The number of carbonyl (C=O) groups is 1. The van der Waals surface area contributed by atoms with Crippen LogP contribution >= 0.6 is 0 Å². The minimum Gasteiger partial charge on any atom is -0.390 e. The Morgan fingerprint density at radius 1 is 1.39 bits per heavy atom.